The second-order valence-corrected chi connectivity index (χ2v) is 12.9. The summed E-state index contributed by atoms with van der Waals surface area (Å²) in [6, 6.07) is 25.6. The molecule has 0 unspecified atom stereocenters. The molecular weight excluding hydrogens is 620 g/mol. The number of sulfonamides is 1. The van der Waals surface area contributed by atoms with Crippen LogP contribution in [0, 0.1) is 0 Å². The molecule has 0 saturated carbocycles. The predicted molar refractivity (Wildman–Crippen MR) is 175 cm³/mol. The van der Waals surface area contributed by atoms with Gasteiger partial charge < -0.3 is 24.4 Å². The maximum Gasteiger partial charge on any atom is 0.261 e. The molecule has 1 atom stereocenters. The minimum Gasteiger partial charge on any atom is -0.497 e. The quantitative estimate of drug-likeness (QED) is 0.218. The number of hydrogen-bond acceptors (Lipinski definition) is 8. The van der Waals surface area contributed by atoms with Gasteiger partial charge in [0.05, 0.1) is 25.2 Å². The van der Waals surface area contributed by atoms with E-state index in [1.54, 1.807) is 31.6 Å². The fourth-order valence-corrected chi connectivity index (χ4v) is 6.57. The third-order valence-electron chi connectivity index (χ3n) is 7.79. The van der Waals surface area contributed by atoms with Crippen molar-refractivity contribution in [2.24, 2.45) is 0 Å². The Morgan fingerprint density at radius 3 is 2.19 bits per heavy atom. The number of carbonyl (C=O) groups excluding carboxylic acids is 2. The Labute approximate surface area is 275 Å². The number of amides is 2. The van der Waals surface area contributed by atoms with Gasteiger partial charge in [0.15, 0.2) is 6.61 Å². The molecule has 11 nitrogen and oxygen atoms in total. The maximum absolute atomic E-state index is 14.0. The topological polar surface area (TPSA) is 127 Å². The van der Waals surface area contributed by atoms with Gasteiger partial charge in [-0.3, -0.25) is 14.6 Å². The number of nitrogens with zero attached hydrogens (tertiary/aromatic N) is 3. The molecule has 1 aliphatic rings. The van der Waals surface area contributed by atoms with Gasteiger partial charge in [0, 0.05) is 45.0 Å². The van der Waals surface area contributed by atoms with Gasteiger partial charge in [0.1, 0.15) is 17.5 Å². The lowest BCUT2D eigenvalue weighted by atomic mass is 10.0. The number of aromatic nitrogens is 1. The number of carbonyl (C=O) groups is 2. The Morgan fingerprint density at radius 1 is 0.872 bits per heavy atom. The SMILES string of the molecule is COc1ccc(CN(C(=O)COc2ccc(S(=O)(=O)N3CCOCC3)cc2)[C@H](Cc2ccccc2)C(=O)NCc2ccncc2)cc1. The minimum absolute atomic E-state index is 0.132. The number of hydrogen-bond donors (Lipinski definition) is 1. The lowest BCUT2D eigenvalue weighted by Crippen LogP contribution is -2.51. The molecule has 4 aromatic rings. The van der Waals surface area contributed by atoms with Gasteiger partial charge in [-0.1, -0.05) is 42.5 Å². The lowest BCUT2D eigenvalue weighted by Gasteiger charge is -2.31. The van der Waals surface area contributed by atoms with E-state index >= 15 is 0 Å². The van der Waals surface area contributed by atoms with Crippen LogP contribution in [-0.2, 0) is 43.9 Å². The van der Waals surface area contributed by atoms with Crippen molar-refractivity contribution in [1.29, 1.82) is 0 Å². The van der Waals surface area contributed by atoms with Crippen molar-refractivity contribution in [2.45, 2.75) is 30.4 Å². The molecule has 0 bridgehead atoms. The van der Waals surface area contributed by atoms with E-state index in [-0.39, 0.29) is 36.9 Å². The van der Waals surface area contributed by atoms with Gasteiger partial charge in [-0.05, 0) is 65.2 Å². The highest BCUT2D eigenvalue weighted by Gasteiger charge is 2.31. The highest BCUT2D eigenvalue weighted by molar-refractivity contribution is 7.89. The Morgan fingerprint density at radius 2 is 1.53 bits per heavy atom. The van der Waals surface area contributed by atoms with E-state index in [1.807, 2.05) is 54.6 Å². The summed E-state index contributed by atoms with van der Waals surface area (Å²) < 4.78 is 43.9. The van der Waals surface area contributed by atoms with Crippen LogP contribution in [0.2, 0.25) is 0 Å². The first-order chi connectivity index (χ1) is 22.8. The van der Waals surface area contributed by atoms with E-state index in [1.165, 1.54) is 33.5 Å². The van der Waals surface area contributed by atoms with Crippen LogP contribution < -0.4 is 14.8 Å². The fourth-order valence-electron chi connectivity index (χ4n) is 5.16. The van der Waals surface area contributed by atoms with Crippen molar-refractivity contribution in [3.05, 3.63) is 120 Å². The smallest absolute Gasteiger partial charge is 0.261 e. The van der Waals surface area contributed by atoms with E-state index in [0.29, 0.717) is 37.8 Å². The molecule has 246 valence electrons. The monoisotopic (exact) mass is 658 g/mol. The molecule has 0 aliphatic carbocycles. The zero-order chi connectivity index (χ0) is 33.1. The van der Waals surface area contributed by atoms with E-state index in [0.717, 1.165) is 16.7 Å². The molecule has 47 heavy (non-hydrogen) atoms. The van der Waals surface area contributed by atoms with Gasteiger partial charge >= 0.3 is 0 Å². The van der Waals surface area contributed by atoms with E-state index in [4.69, 9.17) is 14.2 Å². The number of morpholine rings is 1. The first-order valence-electron chi connectivity index (χ1n) is 15.3. The van der Waals surface area contributed by atoms with Gasteiger partial charge in [-0.2, -0.15) is 4.31 Å². The highest BCUT2D eigenvalue weighted by atomic mass is 32.2. The third kappa shape index (κ3) is 9.16. The van der Waals surface area contributed by atoms with Crippen molar-refractivity contribution in [3.8, 4) is 11.5 Å². The van der Waals surface area contributed by atoms with Crippen molar-refractivity contribution in [3.63, 3.8) is 0 Å². The van der Waals surface area contributed by atoms with Crippen molar-refractivity contribution >= 4 is 21.8 Å². The highest BCUT2D eigenvalue weighted by Crippen LogP contribution is 2.22. The molecule has 2 heterocycles. The van der Waals surface area contributed by atoms with E-state index in [9.17, 15) is 18.0 Å². The second-order valence-electron chi connectivity index (χ2n) is 10.9. The summed E-state index contributed by atoms with van der Waals surface area (Å²) in [5.74, 6) is 0.270. The molecule has 1 N–H and O–H groups in total. The predicted octanol–water partition coefficient (Wildman–Crippen LogP) is 3.45. The van der Waals surface area contributed by atoms with Gasteiger partial charge in [-0.15, -0.1) is 0 Å². The number of nitrogens with one attached hydrogen (secondary N) is 1. The average Bonchev–Trinajstić information content (AvgIpc) is 3.12. The second kappa shape index (κ2) is 16.2. The molecule has 1 fully saturated rings. The first-order valence-corrected chi connectivity index (χ1v) is 16.7. The van der Waals surface area contributed by atoms with Crippen LogP contribution in [0.25, 0.3) is 0 Å². The molecule has 0 radical (unpaired) electrons. The Kier molecular flexibility index (Phi) is 11.6. The van der Waals surface area contributed by atoms with E-state index < -0.39 is 22.0 Å². The molecule has 5 rings (SSSR count). The Hall–Kier alpha value is -4.78. The number of ether oxygens (including phenoxy) is 3. The largest absolute Gasteiger partial charge is 0.497 e. The summed E-state index contributed by atoms with van der Waals surface area (Å²) in [5, 5.41) is 2.99. The summed E-state index contributed by atoms with van der Waals surface area (Å²) in [6.45, 7) is 1.33. The zero-order valence-corrected chi connectivity index (χ0v) is 27.0. The number of pyridine rings is 1. The van der Waals surface area contributed by atoms with E-state index in [2.05, 4.69) is 10.3 Å². The average molecular weight is 659 g/mol. The van der Waals surface area contributed by atoms with Crippen LogP contribution in [0.15, 0.2) is 108 Å². The maximum atomic E-state index is 14.0. The van der Waals surface area contributed by atoms with Crippen LogP contribution in [0.1, 0.15) is 16.7 Å². The Bertz CT molecular complexity index is 1700. The number of methoxy groups -OCH3 is 1. The molecule has 2 amide bonds. The molecular formula is C35H38N4O7S. The summed E-state index contributed by atoms with van der Waals surface area (Å²) in [5.41, 5.74) is 2.57. The molecule has 0 spiro atoms. The van der Waals surface area contributed by atoms with Crippen LogP contribution in [0.4, 0.5) is 0 Å². The molecule has 1 aromatic heterocycles. The zero-order valence-electron chi connectivity index (χ0n) is 26.2. The Balaban J connectivity index is 1.36. The summed E-state index contributed by atoms with van der Waals surface area (Å²) in [6.07, 6.45) is 3.59. The van der Waals surface area contributed by atoms with Crippen molar-refractivity contribution in [2.75, 3.05) is 40.0 Å². The normalized spacial score (nSPS) is 14.1. The van der Waals surface area contributed by atoms with Crippen LogP contribution >= 0.6 is 0 Å². The molecule has 3 aromatic carbocycles. The van der Waals surface area contributed by atoms with Crippen LogP contribution in [-0.4, -0.2) is 80.5 Å². The first kappa shape index (κ1) is 33.6. The summed E-state index contributed by atoms with van der Waals surface area (Å²) >= 11 is 0. The third-order valence-corrected chi connectivity index (χ3v) is 9.71. The summed E-state index contributed by atoms with van der Waals surface area (Å²) in [4.78, 5) is 33.5. The molecule has 12 heteroatoms. The molecule has 1 saturated heterocycles. The van der Waals surface area contributed by atoms with Crippen molar-refractivity contribution in [1.82, 2.24) is 19.5 Å². The standard InChI is InChI=1S/C35H38N4O7S/c1-44-30-9-7-29(8-10-30)25-39(33(23-27-5-3-2-4-6-27)35(41)37-24-28-15-17-36-18-16-28)34(40)26-46-31-11-13-32(14-12-31)47(42,43)38-19-21-45-22-20-38/h2-18,33H,19-26H2,1H3,(H,37,41)/t33-/m1/s1. The van der Waals surface area contributed by atoms with Crippen LogP contribution in [0.5, 0.6) is 11.5 Å². The fraction of sp³-hybridized carbons (Fsp3) is 0.286. The summed E-state index contributed by atoms with van der Waals surface area (Å²) in [7, 11) is -2.09. The van der Waals surface area contributed by atoms with Gasteiger partial charge in [-0.25, -0.2) is 8.42 Å². The minimum atomic E-state index is -3.67. The lowest BCUT2D eigenvalue weighted by molar-refractivity contribution is -0.142. The van der Waals surface area contributed by atoms with Crippen LogP contribution in [0.3, 0.4) is 0 Å². The number of rotatable bonds is 14. The molecule has 1 aliphatic heterocycles. The van der Waals surface area contributed by atoms with Gasteiger partial charge in [0.2, 0.25) is 15.9 Å². The number of benzene rings is 3. The van der Waals surface area contributed by atoms with Gasteiger partial charge in [0.25, 0.3) is 5.91 Å². The van der Waals surface area contributed by atoms with Crippen molar-refractivity contribution < 1.29 is 32.2 Å².